The van der Waals surface area contributed by atoms with Gasteiger partial charge in [0.2, 0.25) is 0 Å². The molecule has 0 radical (unpaired) electrons. The van der Waals surface area contributed by atoms with Gasteiger partial charge < -0.3 is 15.5 Å². The zero-order valence-corrected chi connectivity index (χ0v) is 12.0. The first-order valence-electron chi connectivity index (χ1n) is 4.99. The molecule has 0 aromatic rings. The number of amides is 1. The molecule has 0 heterocycles. The standard InChI is InChI=1S/C10H18N2O3S2/c1-10(2,3)15-9(14)12-7(6-17-16-4)8(13)5-11/h5,7,11H,6H2,1-4H3,(H,12,14)/t7-/m0/s1. The van der Waals surface area contributed by atoms with Crippen molar-refractivity contribution in [2.45, 2.75) is 32.4 Å². The van der Waals surface area contributed by atoms with Gasteiger partial charge in [-0.1, -0.05) is 21.6 Å². The molecular formula is C10H18N2O3S2. The molecule has 0 aliphatic carbocycles. The topological polar surface area (TPSA) is 79.2 Å². The van der Waals surface area contributed by atoms with E-state index in [2.05, 4.69) is 5.32 Å². The molecule has 0 aliphatic heterocycles. The van der Waals surface area contributed by atoms with Crippen molar-refractivity contribution in [1.82, 2.24) is 5.32 Å². The molecule has 0 aromatic heterocycles. The number of nitrogens with one attached hydrogen (secondary N) is 2. The first-order chi connectivity index (χ1) is 7.80. The molecule has 5 nitrogen and oxygen atoms in total. The van der Waals surface area contributed by atoms with E-state index in [0.29, 0.717) is 12.0 Å². The summed E-state index contributed by atoms with van der Waals surface area (Å²) in [7, 11) is 2.94. The van der Waals surface area contributed by atoms with Crippen LogP contribution in [0.25, 0.3) is 0 Å². The van der Waals surface area contributed by atoms with Crippen molar-refractivity contribution in [2.24, 2.45) is 0 Å². The minimum absolute atomic E-state index is 0.411. The van der Waals surface area contributed by atoms with Crippen LogP contribution in [0.5, 0.6) is 0 Å². The number of hydrogen-bond donors (Lipinski definition) is 2. The van der Waals surface area contributed by atoms with E-state index in [9.17, 15) is 9.59 Å². The number of hydrogen-bond acceptors (Lipinski definition) is 6. The number of ether oxygens (including phenoxy) is 1. The second-order valence-corrected chi connectivity index (χ2v) is 6.81. The maximum atomic E-state index is 11.5. The quantitative estimate of drug-likeness (QED) is 0.574. The molecule has 0 saturated heterocycles. The van der Waals surface area contributed by atoms with E-state index in [-0.39, 0.29) is 0 Å². The molecule has 7 heteroatoms. The molecule has 98 valence electrons. The second-order valence-electron chi connectivity index (χ2n) is 4.20. The summed E-state index contributed by atoms with van der Waals surface area (Å²) >= 11 is 0. The van der Waals surface area contributed by atoms with Crippen LogP contribution in [0.2, 0.25) is 0 Å². The summed E-state index contributed by atoms with van der Waals surface area (Å²) in [6.07, 6.45) is 1.95. The highest BCUT2D eigenvalue weighted by atomic mass is 33.1. The van der Waals surface area contributed by atoms with Crippen LogP contribution in [0.15, 0.2) is 0 Å². The van der Waals surface area contributed by atoms with Crippen LogP contribution in [0.3, 0.4) is 0 Å². The number of ketones is 1. The van der Waals surface area contributed by atoms with Crippen LogP contribution in [-0.2, 0) is 9.53 Å². The van der Waals surface area contributed by atoms with Gasteiger partial charge in [0, 0.05) is 5.75 Å². The van der Waals surface area contributed by atoms with Crippen LogP contribution in [-0.4, -0.2) is 41.7 Å². The molecular weight excluding hydrogens is 260 g/mol. The monoisotopic (exact) mass is 278 g/mol. The van der Waals surface area contributed by atoms with Crippen molar-refractivity contribution in [3.8, 4) is 0 Å². The van der Waals surface area contributed by atoms with Gasteiger partial charge in [-0.05, 0) is 27.0 Å². The lowest BCUT2D eigenvalue weighted by Crippen LogP contribution is -2.45. The Morgan fingerprint density at radius 2 is 2.06 bits per heavy atom. The van der Waals surface area contributed by atoms with Crippen LogP contribution in [0.1, 0.15) is 20.8 Å². The predicted molar refractivity (Wildman–Crippen MR) is 72.9 cm³/mol. The third-order valence-corrected chi connectivity index (χ3v) is 3.35. The Morgan fingerprint density at radius 3 is 2.47 bits per heavy atom. The van der Waals surface area contributed by atoms with Gasteiger partial charge in [-0.15, -0.1) is 0 Å². The van der Waals surface area contributed by atoms with Gasteiger partial charge in [0.05, 0.1) is 6.21 Å². The van der Waals surface area contributed by atoms with Crippen LogP contribution in [0.4, 0.5) is 4.79 Å². The first-order valence-corrected chi connectivity index (χ1v) is 7.72. The third-order valence-electron chi connectivity index (χ3n) is 1.53. The van der Waals surface area contributed by atoms with E-state index in [1.54, 1.807) is 20.8 Å². The lowest BCUT2D eigenvalue weighted by atomic mass is 10.2. The second kappa shape index (κ2) is 7.60. The number of rotatable bonds is 6. The molecule has 0 bridgehead atoms. The van der Waals surface area contributed by atoms with E-state index in [1.165, 1.54) is 21.6 Å². The fourth-order valence-electron chi connectivity index (χ4n) is 0.881. The largest absolute Gasteiger partial charge is 0.444 e. The Morgan fingerprint density at radius 1 is 1.47 bits per heavy atom. The molecule has 0 aliphatic rings. The van der Waals surface area contributed by atoms with Gasteiger partial charge in [0.25, 0.3) is 0 Å². The Kier molecular flexibility index (Phi) is 7.29. The average Bonchev–Trinajstić information content (AvgIpc) is 2.20. The molecule has 0 rings (SSSR count). The minimum atomic E-state index is -0.709. The molecule has 17 heavy (non-hydrogen) atoms. The average molecular weight is 278 g/mol. The highest BCUT2D eigenvalue weighted by molar-refractivity contribution is 8.76. The molecule has 0 aromatic carbocycles. The zero-order chi connectivity index (χ0) is 13.5. The van der Waals surface area contributed by atoms with Crippen molar-refractivity contribution in [2.75, 3.05) is 12.0 Å². The highest BCUT2D eigenvalue weighted by Gasteiger charge is 2.23. The summed E-state index contributed by atoms with van der Waals surface area (Å²) in [5, 5.41) is 9.38. The fourth-order valence-corrected chi connectivity index (χ4v) is 2.22. The summed E-state index contributed by atoms with van der Waals surface area (Å²) in [5.74, 6) is -0.0216. The van der Waals surface area contributed by atoms with E-state index in [1.807, 2.05) is 6.26 Å². The van der Waals surface area contributed by atoms with Crippen molar-refractivity contribution in [3.63, 3.8) is 0 Å². The van der Waals surface area contributed by atoms with Gasteiger partial charge in [-0.25, -0.2) is 4.79 Å². The highest BCUT2D eigenvalue weighted by Crippen LogP contribution is 2.18. The number of Topliss-reactive ketones (excluding diaryl/α,β-unsaturated/α-hetero) is 1. The molecule has 0 unspecified atom stereocenters. The van der Waals surface area contributed by atoms with Gasteiger partial charge in [-0.2, -0.15) is 0 Å². The van der Waals surface area contributed by atoms with Crippen LogP contribution >= 0.6 is 21.6 Å². The third kappa shape index (κ3) is 8.09. The molecule has 2 N–H and O–H groups in total. The van der Waals surface area contributed by atoms with E-state index in [0.717, 1.165) is 0 Å². The van der Waals surface area contributed by atoms with Crippen molar-refractivity contribution in [1.29, 1.82) is 5.41 Å². The van der Waals surface area contributed by atoms with Crippen LogP contribution < -0.4 is 5.32 Å². The van der Waals surface area contributed by atoms with Gasteiger partial charge in [0.15, 0.2) is 5.78 Å². The fraction of sp³-hybridized carbons (Fsp3) is 0.700. The molecule has 1 atom stereocenters. The number of carbonyl (C=O) groups excluding carboxylic acids is 2. The van der Waals surface area contributed by atoms with Crippen molar-refractivity contribution < 1.29 is 14.3 Å². The summed E-state index contributed by atoms with van der Waals surface area (Å²) in [6, 6.07) is -0.709. The summed E-state index contributed by atoms with van der Waals surface area (Å²) in [6.45, 7) is 5.24. The zero-order valence-electron chi connectivity index (χ0n) is 10.4. The SMILES string of the molecule is CSSC[C@H](NC(=O)OC(C)(C)C)C(=O)C=N. The first kappa shape index (κ1) is 16.3. The number of carbonyl (C=O) groups is 2. The Hall–Kier alpha value is -0.690. The normalized spacial score (nSPS) is 12.7. The van der Waals surface area contributed by atoms with Crippen LogP contribution in [0, 0.1) is 5.41 Å². The van der Waals surface area contributed by atoms with E-state index in [4.69, 9.17) is 10.1 Å². The van der Waals surface area contributed by atoms with Gasteiger partial charge in [0.1, 0.15) is 11.6 Å². The lowest BCUT2D eigenvalue weighted by molar-refractivity contribution is -0.114. The Labute approximate surface area is 109 Å². The summed E-state index contributed by atoms with van der Waals surface area (Å²) < 4.78 is 5.05. The minimum Gasteiger partial charge on any atom is -0.444 e. The van der Waals surface area contributed by atoms with Gasteiger partial charge >= 0.3 is 6.09 Å². The Balaban J connectivity index is 4.37. The smallest absolute Gasteiger partial charge is 0.408 e. The van der Waals surface area contributed by atoms with E-state index < -0.39 is 23.5 Å². The van der Waals surface area contributed by atoms with Crippen molar-refractivity contribution in [3.05, 3.63) is 0 Å². The molecule has 0 spiro atoms. The summed E-state index contributed by atoms with van der Waals surface area (Å²) in [5.41, 5.74) is -0.602. The van der Waals surface area contributed by atoms with Crippen molar-refractivity contribution >= 4 is 39.7 Å². The number of alkyl carbamates (subject to hydrolysis) is 1. The molecule has 0 fully saturated rings. The maximum Gasteiger partial charge on any atom is 0.408 e. The van der Waals surface area contributed by atoms with E-state index >= 15 is 0 Å². The molecule has 1 amide bonds. The summed E-state index contributed by atoms with van der Waals surface area (Å²) in [4.78, 5) is 22.9. The lowest BCUT2D eigenvalue weighted by Gasteiger charge is -2.22. The maximum absolute atomic E-state index is 11.5. The molecule has 0 saturated carbocycles. The predicted octanol–water partition coefficient (Wildman–Crippen LogP) is 2.11. The van der Waals surface area contributed by atoms with Gasteiger partial charge in [-0.3, -0.25) is 4.79 Å². The Bertz CT molecular complexity index is 290.